The molecule has 0 fully saturated rings. The maximum Gasteiger partial charge on any atom is 0.259 e. The predicted octanol–water partition coefficient (Wildman–Crippen LogP) is 2.83. The minimum absolute atomic E-state index is 0.0994. The van der Waals surface area contributed by atoms with Gasteiger partial charge in [0.15, 0.2) is 5.60 Å². The molecular formula is C18H15ClN2O2. The minimum Gasteiger partial charge on any atom is -0.373 e. The molecule has 116 valence electrons. The fourth-order valence-corrected chi connectivity index (χ4v) is 3.47. The zero-order valence-corrected chi connectivity index (χ0v) is 13.1. The third-order valence-corrected chi connectivity index (χ3v) is 4.69. The van der Waals surface area contributed by atoms with Gasteiger partial charge in [0, 0.05) is 29.2 Å². The highest BCUT2D eigenvalue weighted by molar-refractivity contribution is 6.30. The molecule has 4 nitrogen and oxygen atoms in total. The normalized spacial score (nSPS) is 23.1. The van der Waals surface area contributed by atoms with E-state index < -0.39 is 5.60 Å². The van der Waals surface area contributed by atoms with E-state index in [0.717, 1.165) is 6.42 Å². The highest BCUT2D eigenvalue weighted by atomic mass is 35.5. The first-order chi connectivity index (χ1) is 11.1. The zero-order valence-electron chi connectivity index (χ0n) is 12.4. The third-order valence-electron chi connectivity index (χ3n) is 4.44. The molecule has 0 spiro atoms. The number of carbonyl (C=O) groups excluding carboxylic acids is 1. The Morgan fingerprint density at radius 1 is 1.13 bits per heavy atom. The van der Waals surface area contributed by atoms with Crippen molar-refractivity contribution in [1.82, 2.24) is 4.90 Å². The number of aliphatic imine (C=N–C) groups is 1. The molecule has 1 atom stereocenters. The number of aliphatic hydroxyl groups is 1. The molecule has 0 aliphatic carbocycles. The summed E-state index contributed by atoms with van der Waals surface area (Å²) in [4.78, 5) is 18.8. The summed E-state index contributed by atoms with van der Waals surface area (Å²) in [5, 5.41) is 12.2. The molecule has 4 rings (SSSR count). The van der Waals surface area contributed by atoms with E-state index in [1.54, 1.807) is 41.3 Å². The number of benzene rings is 2. The molecule has 0 saturated carbocycles. The van der Waals surface area contributed by atoms with Crippen molar-refractivity contribution in [2.75, 3.05) is 13.1 Å². The van der Waals surface area contributed by atoms with E-state index in [0.29, 0.717) is 40.6 Å². The number of rotatable bonds is 1. The summed E-state index contributed by atoms with van der Waals surface area (Å²) in [7, 11) is 0. The summed E-state index contributed by atoms with van der Waals surface area (Å²) in [6.07, 6.45) is 0.800. The number of nitrogens with zero attached hydrogens (tertiary/aromatic N) is 2. The Kier molecular flexibility index (Phi) is 3.25. The van der Waals surface area contributed by atoms with Gasteiger partial charge in [-0.2, -0.15) is 0 Å². The Morgan fingerprint density at radius 2 is 1.87 bits per heavy atom. The first-order valence-corrected chi connectivity index (χ1v) is 7.95. The average Bonchev–Trinajstić information content (AvgIpc) is 2.60. The van der Waals surface area contributed by atoms with Crippen LogP contribution in [0.2, 0.25) is 5.02 Å². The zero-order chi connectivity index (χ0) is 16.0. The molecule has 0 saturated heterocycles. The highest BCUT2D eigenvalue weighted by Gasteiger charge is 2.49. The van der Waals surface area contributed by atoms with Gasteiger partial charge in [0.05, 0.1) is 0 Å². The first-order valence-electron chi connectivity index (χ1n) is 7.57. The van der Waals surface area contributed by atoms with Crippen LogP contribution in [0.25, 0.3) is 0 Å². The van der Waals surface area contributed by atoms with Crippen LogP contribution in [0, 0.1) is 0 Å². The number of amidine groups is 1. The molecule has 0 radical (unpaired) electrons. The van der Waals surface area contributed by atoms with Crippen molar-refractivity contribution in [2.24, 2.45) is 4.99 Å². The van der Waals surface area contributed by atoms with Crippen LogP contribution in [0.1, 0.15) is 27.9 Å². The van der Waals surface area contributed by atoms with Crippen LogP contribution >= 0.6 is 11.6 Å². The molecule has 0 bridgehead atoms. The van der Waals surface area contributed by atoms with Gasteiger partial charge >= 0.3 is 0 Å². The van der Waals surface area contributed by atoms with E-state index in [4.69, 9.17) is 11.6 Å². The van der Waals surface area contributed by atoms with Crippen LogP contribution in [0.15, 0.2) is 53.5 Å². The summed E-state index contributed by atoms with van der Waals surface area (Å²) >= 11 is 5.98. The number of amides is 1. The number of hydrogen-bond donors (Lipinski definition) is 1. The quantitative estimate of drug-likeness (QED) is 0.876. The van der Waals surface area contributed by atoms with Crippen molar-refractivity contribution in [3.8, 4) is 0 Å². The molecule has 2 aliphatic rings. The third kappa shape index (κ3) is 2.02. The first kappa shape index (κ1) is 14.4. The summed E-state index contributed by atoms with van der Waals surface area (Å²) in [6, 6.07) is 14.2. The van der Waals surface area contributed by atoms with E-state index >= 15 is 0 Å². The van der Waals surface area contributed by atoms with Gasteiger partial charge in [-0.1, -0.05) is 41.9 Å². The van der Waals surface area contributed by atoms with E-state index in [-0.39, 0.29) is 5.91 Å². The lowest BCUT2D eigenvalue weighted by Crippen LogP contribution is -2.56. The second kappa shape index (κ2) is 5.18. The fraction of sp³-hybridized carbons (Fsp3) is 0.222. The van der Waals surface area contributed by atoms with E-state index in [2.05, 4.69) is 4.99 Å². The minimum atomic E-state index is -1.44. The summed E-state index contributed by atoms with van der Waals surface area (Å²) in [5.74, 6) is 0.312. The van der Waals surface area contributed by atoms with Crippen molar-refractivity contribution in [3.05, 3.63) is 70.2 Å². The molecule has 1 N–H and O–H groups in total. The molecule has 2 heterocycles. The van der Waals surface area contributed by atoms with Gasteiger partial charge in [-0.05, 0) is 30.2 Å². The summed E-state index contributed by atoms with van der Waals surface area (Å²) < 4.78 is 0. The monoisotopic (exact) mass is 326 g/mol. The average molecular weight is 327 g/mol. The lowest BCUT2D eigenvalue weighted by molar-refractivity contribution is 0.0721. The maximum absolute atomic E-state index is 12.7. The summed E-state index contributed by atoms with van der Waals surface area (Å²) in [5.41, 5.74) is 0.317. The second-order valence-electron chi connectivity index (χ2n) is 5.78. The molecule has 2 aromatic carbocycles. The maximum atomic E-state index is 12.7. The lowest BCUT2D eigenvalue weighted by atomic mass is 9.78. The van der Waals surface area contributed by atoms with E-state index in [9.17, 15) is 9.90 Å². The standard InChI is InChI=1S/C18H15ClN2O2/c19-13-8-6-12(7-9-13)18(23)15-5-2-1-4-14(15)16(22)21-11-3-10-20-17(18)21/h1-2,4-9,23H,3,10-11H2. The Labute approximate surface area is 139 Å². The molecule has 2 aliphatic heterocycles. The van der Waals surface area contributed by atoms with Crippen molar-refractivity contribution in [1.29, 1.82) is 0 Å². The van der Waals surface area contributed by atoms with Crippen LogP contribution in [0.3, 0.4) is 0 Å². The number of halogens is 1. The van der Waals surface area contributed by atoms with Gasteiger partial charge < -0.3 is 5.11 Å². The molecule has 1 unspecified atom stereocenters. The van der Waals surface area contributed by atoms with Gasteiger partial charge in [0.2, 0.25) is 0 Å². The smallest absolute Gasteiger partial charge is 0.259 e. The second-order valence-corrected chi connectivity index (χ2v) is 6.21. The Morgan fingerprint density at radius 3 is 2.65 bits per heavy atom. The van der Waals surface area contributed by atoms with Gasteiger partial charge in [-0.3, -0.25) is 14.7 Å². The summed E-state index contributed by atoms with van der Waals surface area (Å²) in [6.45, 7) is 1.18. The fourth-order valence-electron chi connectivity index (χ4n) is 3.34. The molecule has 23 heavy (non-hydrogen) atoms. The SMILES string of the molecule is O=C1c2ccccc2C(O)(c2ccc(Cl)cc2)C2=NCCCN12. The van der Waals surface area contributed by atoms with Crippen LogP contribution in [0.4, 0.5) is 0 Å². The van der Waals surface area contributed by atoms with Crippen molar-refractivity contribution in [3.63, 3.8) is 0 Å². The topological polar surface area (TPSA) is 52.9 Å². The Balaban J connectivity index is 2.02. The molecule has 2 aromatic rings. The van der Waals surface area contributed by atoms with Crippen molar-refractivity contribution >= 4 is 23.3 Å². The molecule has 5 heteroatoms. The predicted molar refractivity (Wildman–Crippen MR) is 88.8 cm³/mol. The number of fused-ring (bicyclic) bond motifs is 2. The van der Waals surface area contributed by atoms with Crippen molar-refractivity contribution in [2.45, 2.75) is 12.0 Å². The van der Waals surface area contributed by atoms with Crippen LogP contribution in [-0.2, 0) is 5.60 Å². The van der Waals surface area contributed by atoms with Crippen LogP contribution < -0.4 is 0 Å². The lowest BCUT2D eigenvalue weighted by Gasteiger charge is -2.43. The van der Waals surface area contributed by atoms with Gasteiger partial charge in [-0.15, -0.1) is 0 Å². The highest BCUT2D eigenvalue weighted by Crippen LogP contribution is 2.40. The Hall–Kier alpha value is -2.17. The van der Waals surface area contributed by atoms with Gasteiger partial charge in [-0.25, -0.2) is 0 Å². The van der Waals surface area contributed by atoms with Gasteiger partial charge in [0.1, 0.15) is 5.84 Å². The number of hydrogen-bond acceptors (Lipinski definition) is 3. The Bertz CT molecular complexity index is 816. The van der Waals surface area contributed by atoms with E-state index in [1.807, 2.05) is 12.1 Å². The molecule has 1 amide bonds. The molecular weight excluding hydrogens is 312 g/mol. The van der Waals surface area contributed by atoms with Crippen LogP contribution in [-0.4, -0.2) is 34.8 Å². The van der Waals surface area contributed by atoms with E-state index in [1.165, 1.54) is 0 Å². The van der Waals surface area contributed by atoms with Crippen molar-refractivity contribution < 1.29 is 9.90 Å². The molecule has 0 aromatic heterocycles. The largest absolute Gasteiger partial charge is 0.373 e. The van der Waals surface area contributed by atoms with Crippen LogP contribution in [0.5, 0.6) is 0 Å². The van der Waals surface area contributed by atoms with Gasteiger partial charge in [0.25, 0.3) is 5.91 Å². The number of carbonyl (C=O) groups is 1.